The van der Waals surface area contributed by atoms with Gasteiger partial charge in [0.05, 0.1) is 24.1 Å². The van der Waals surface area contributed by atoms with E-state index in [9.17, 15) is 9.59 Å². The summed E-state index contributed by atoms with van der Waals surface area (Å²) in [5, 5.41) is 3.80. The maximum Gasteiger partial charge on any atom is 0.308 e. The molecule has 0 unspecified atom stereocenters. The Bertz CT molecular complexity index is 710. The molecule has 0 radical (unpaired) electrons. The van der Waals surface area contributed by atoms with Crippen LogP contribution >= 0.6 is 11.3 Å². The summed E-state index contributed by atoms with van der Waals surface area (Å²) in [6.45, 7) is 3.99. The molecule has 0 aliphatic rings. The maximum atomic E-state index is 12.2. The average molecular weight is 344 g/mol. The fraction of sp³-hybridized carbons (Fsp3) is 0.278. The van der Waals surface area contributed by atoms with Crippen molar-refractivity contribution >= 4 is 29.3 Å². The molecular formula is C18H20N2O3S. The highest BCUT2D eigenvalue weighted by atomic mass is 32.1. The van der Waals surface area contributed by atoms with E-state index >= 15 is 0 Å². The molecule has 1 atom stereocenters. The number of hydrogen-bond donors (Lipinski definition) is 1. The summed E-state index contributed by atoms with van der Waals surface area (Å²) in [7, 11) is 0. The van der Waals surface area contributed by atoms with E-state index < -0.39 is 6.04 Å². The largest absolute Gasteiger partial charge is 0.466 e. The van der Waals surface area contributed by atoms with Gasteiger partial charge in [-0.2, -0.15) is 0 Å². The molecule has 0 aliphatic heterocycles. The van der Waals surface area contributed by atoms with Gasteiger partial charge in [-0.3, -0.25) is 9.59 Å². The molecule has 0 spiro atoms. The summed E-state index contributed by atoms with van der Waals surface area (Å²) in [4.78, 5) is 29.0. The van der Waals surface area contributed by atoms with Gasteiger partial charge in [-0.25, -0.2) is 4.98 Å². The Morgan fingerprint density at radius 2 is 2.08 bits per heavy atom. The molecule has 1 heterocycles. The lowest BCUT2D eigenvalue weighted by atomic mass is 10.0. The number of aryl methyl sites for hydroxylation is 1. The molecule has 1 aromatic heterocycles. The summed E-state index contributed by atoms with van der Waals surface area (Å²) in [5.41, 5.74) is 0.862. The number of carbonyl (C=O) groups is 2. The molecular weight excluding hydrogens is 324 g/mol. The summed E-state index contributed by atoms with van der Waals surface area (Å²) in [6, 6.07) is 8.95. The van der Waals surface area contributed by atoms with Crippen LogP contribution in [-0.2, 0) is 14.3 Å². The molecule has 2 rings (SSSR count). The van der Waals surface area contributed by atoms with Crippen LogP contribution in [0.15, 0.2) is 42.6 Å². The van der Waals surface area contributed by atoms with E-state index in [2.05, 4.69) is 10.3 Å². The van der Waals surface area contributed by atoms with E-state index in [-0.39, 0.29) is 18.3 Å². The number of ether oxygens (including phenoxy) is 1. The molecule has 0 aliphatic carbocycles. The van der Waals surface area contributed by atoms with Gasteiger partial charge in [0.15, 0.2) is 0 Å². The van der Waals surface area contributed by atoms with Gasteiger partial charge >= 0.3 is 5.97 Å². The van der Waals surface area contributed by atoms with Gasteiger partial charge in [0.2, 0.25) is 5.91 Å². The SMILES string of the molecule is CCOC(=O)C[C@H](NC(=O)/C=C/c1cnc(C)s1)c1ccccc1. The molecule has 1 aromatic carbocycles. The molecule has 0 fully saturated rings. The van der Waals surface area contributed by atoms with Crippen molar-refractivity contribution in [2.24, 2.45) is 0 Å². The molecule has 1 amide bonds. The Kier molecular flexibility index (Phi) is 6.69. The Labute approximate surface area is 145 Å². The molecule has 5 nitrogen and oxygen atoms in total. The predicted molar refractivity (Wildman–Crippen MR) is 94.5 cm³/mol. The number of thiazole rings is 1. The number of esters is 1. The fourth-order valence-corrected chi connectivity index (χ4v) is 2.84. The van der Waals surface area contributed by atoms with Crippen LogP contribution in [0.3, 0.4) is 0 Å². The van der Waals surface area contributed by atoms with E-state index in [1.165, 1.54) is 17.4 Å². The minimum Gasteiger partial charge on any atom is -0.466 e. The zero-order valence-corrected chi connectivity index (χ0v) is 14.5. The lowest BCUT2D eigenvalue weighted by molar-refractivity contribution is -0.143. The van der Waals surface area contributed by atoms with Crippen LogP contribution in [0.2, 0.25) is 0 Å². The molecule has 0 saturated heterocycles. The number of benzene rings is 1. The smallest absolute Gasteiger partial charge is 0.308 e. The van der Waals surface area contributed by atoms with Crippen molar-refractivity contribution in [2.45, 2.75) is 26.3 Å². The van der Waals surface area contributed by atoms with Crippen molar-refractivity contribution in [3.05, 3.63) is 58.1 Å². The third kappa shape index (κ3) is 5.62. The highest BCUT2D eigenvalue weighted by Gasteiger charge is 2.18. The van der Waals surface area contributed by atoms with Gasteiger partial charge in [0.1, 0.15) is 0 Å². The number of hydrogen-bond acceptors (Lipinski definition) is 5. The summed E-state index contributed by atoms with van der Waals surface area (Å²) < 4.78 is 4.99. The first-order valence-corrected chi connectivity index (χ1v) is 8.51. The number of carbonyl (C=O) groups excluding carboxylic acids is 2. The van der Waals surface area contributed by atoms with Crippen LogP contribution in [0, 0.1) is 6.92 Å². The quantitative estimate of drug-likeness (QED) is 0.618. The number of aromatic nitrogens is 1. The Hall–Kier alpha value is -2.47. The van der Waals surface area contributed by atoms with Gasteiger partial charge in [-0.15, -0.1) is 11.3 Å². The topological polar surface area (TPSA) is 68.3 Å². The van der Waals surface area contributed by atoms with E-state index in [0.717, 1.165) is 15.4 Å². The van der Waals surface area contributed by atoms with Crippen molar-refractivity contribution in [3.8, 4) is 0 Å². The van der Waals surface area contributed by atoms with Crippen LogP contribution in [0.4, 0.5) is 0 Å². The second-order valence-electron chi connectivity index (χ2n) is 5.10. The van der Waals surface area contributed by atoms with Gasteiger partial charge in [-0.1, -0.05) is 30.3 Å². The van der Waals surface area contributed by atoms with Crippen LogP contribution in [0.5, 0.6) is 0 Å². The van der Waals surface area contributed by atoms with Crippen molar-refractivity contribution in [1.29, 1.82) is 0 Å². The Morgan fingerprint density at radius 3 is 2.71 bits per heavy atom. The molecule has 24 heavy (non-hydrogen) atoms. The number of amides is 1. The molecule has 0 bridgehead atoms. The van der Waals surface area contributed by atoms with Crippen LogP contribution in [0.25, 0.3) is 6.08 Å². The highest BCUT2D eigenvalue weighted by molar-refractivity contribution is 7.12. The lowest BCUT2D eigenvalue weighted by Gasteiger charge is -2.17. The fourth-order valence-electron chi connectivity index (χ4n) is 2.16. The number of rotatable bonds is 7. The van der Waals surface area contributed by atoms with Crippen LogP contribution in [-0.4, -0.2) is 23.5 Å². The van der Waals surface area contributed by atoms with E-state index in [0.29, 0.717) is 6.61 Å². The van der Waals surface area contributed by atoms with Crippen LogP contribution in [0.1, 0.15) is 34.8 Å². The zero-order chi connectivity index (χ0) is 17.4. The Balaban J connectivity index is 2.05. The highest BCUT2D eigenvalue weighted by Crippen LogP contribution is 2.18. The third-order valence-corrected chi connectivity index (χ3v) is 4.11. The van der Waals surface area contributed by atoms with Gasteiger partial charge in [0, 0.05) is 17.2 Å². The van der Waals surface area contributed by atoms with Crippen molar-refractivity contribution < 1.29 is 14.3 Å². The van der Waals surface area contributed by atoms with E-state index in [1.54, 1.807) is 19.2 Å². The number of nitrogens with zero attached hydrogens (tertiary/aromatic N) is 1. The van der Waals surface area contributed by atoms with Gasteiger partial charge in [-0.05, 0) is 25.5 Å². The van der Waals surface area contributed by atoms with Crippen LogP contribution < -0.4 is 5.32 Å². The minimum atomic E-state index is -0.425. The monoisotopic (exact) mass is 344 g/mol. The maximum absolute atomic E-state index is 12.2. The van der Waals surface area contributed by atoms with Crippen molar-refractivity contribution in [2.75, 3.05) is 6.61 Å². The summed E-state index contributed by atoms with van der Waals surface area (Å²) in [6.07, 6.45) is 4.98. The first-order chi connectivity index (χ1) is 11.6. The van der Waals surface area contributed by atoms with Crippen molar-refractivity contribution in [3.63, 3.8) is 0 Å². The minimum absolute atomic E-state index is 0.0943. The Morgan fingerprint density at radius 1 is 1.33 bits per heavy atom. The van der Waals surface area contributed by atoms with E-state index in [1.807, 2.05) is 37.3 Å². The lowest BCUT2D eigenvalue weighted by Crippen LogP contribution is -2.29. The van der Waals surface area contributed by atoms with Gasteiger partial charge < -0.3 is 10.1 Å². The summed E-state index contributed by atoms with van der Waals surface area (Å²) in [5.74, 6) is -0.604. The zero-order valence-electron chi connectivity index (χ0n) is 13.7. The second kappa shape index (κ2) is 8.98. The summed E-state index contributed by atoms with van der Waals surface area (Å²) >= 11 is 1.51. The van der Waals surface area contributed by atoms with Gasteiger partial charge in [0.25, 0.3) is 0 Å². The third-order valence-electron chi connectivity index (χ3n) is 3.23. The predicted octanol–water partition coefficient (Wildman–Crippen LogP) is 3.28. The van der Waals surface area contributed by atoms with Crippen molar-refractivity contribution in [1.82, 2.24) is 10.3 Å². The number of nitrogens with one attached hydrogen (secondary N) is 1. The second-order valence-corrected chi connectivity index (χ2v) is 6.36. The van der Waals surface area contributed by atoms with E-state index in [4.69, 9.17) is 4.74 Å². The molecule has 2 aromatic rings. The standard InChI is InChI=1S/C18H20N2O3S/c1-3-23-18(22)11-16(14-7-5-4-6-8-14)20-17(21)10-9-15-12-19-13(2)24-15/h4-10,12,16H,3,11H2,1-2H3,(H,20,21)/b10-9+/t16-/m0/s1. The molecule has 0 saturated carbocycles. The molecule has 126 valence electrons. The molecule has 6 heteroatoms. The first kappa shape index (κ1) is 17.9. The first-order valence-electron chi connectivity index (χ1n) is 7.70. The normalized spacial score (nSPS) is 12.1. The average Bonchev–Trinajstić information content (AvgIpc) is 2.99. The molecule has 1 N–H and O–H groups in total.